The van der Waals surface area contributed by atoms with Crippen LogP contribution in [0.3, 0.4) is 0 Å². The second-order valence-corrected chi connectivity index (χ2v) is 7.22. The van der Waals surface area contributed by atoms with E-state index < -0.39 is 0 Å². The number of amides is 1. The lowest BCUT2D eigenvalue weighted by Gasteiger charge is -2.31. The molecule has 0 aliphatic carbocycles. The largest absolute Gasteiger partial charge is 0.497 e. The quantitative estimate of drug-likeness (QED) is 0.690. The van der Waals surface area contributed by atoms with E-state index in [2.05, 4.69) is 20.4 Å². The van der Waals surface area contributed by atoms with Crippen LogP contribution in [0.5, 0.6) is 5.75 Å². The van der Waals surface area contributed by atoms with Crippen LogP contribution in [0.2, 0.25) is 0 Å². The van der Waals surface area contributed by atoms with E-state index in [0.717, 1.165) is 42.0 Å². The van der Waals surface area contributed by atoms with E-state index in [4.69, 9.17) is 9.26 Å². The van der Waals surface area contributed by atoms with E-state index in [1.165, 1.54) is 6.39 Å². The minimum Gasteiger partial charge on any atom is -0.497 e. The normalized spacial score (nSPS) is 17.1. The van der Waals surface area contributed by atoms with Gasteiger partial charge in [-0.2, -0.15) is 4.98 Å². The molecular weight excluding hydrogens is 368 g/mol. The van der Waals surface area contributed by atoms with Gasteiger partial charge in [0.05, 0.1) is 19.6 Å². The number of nitrogens with one attached hydrogen (secondary N) is 1. The number of ether oxygens (including phenoxy) is 1. The summed E-state index contributed by atoms with van der Waals surface area (Å²) in [5, 5.41) is 6.91. The molecule has 1 saturated heterocycles. The molecule has 7 heteroatoms. The lowest BCUT2D eigenvalue weighted by atomic mass is 9.97. The highest BCUT2D eigenvalue weighted by Crippen LogP contribution is 2.26. The Balaban J connectivity index is 1.36. The van der Waals surface area contributed by atoms with Crippen LogP contribution in [0.1, 0.15) is 18.7 Å². The predicted octanol–water partition coefficient (Wildman–Crippen LogP) is 3.60. The fraction of sp³-hybridized carbons (Fsp3) is 0.318. The van der Waals surface area contributed by atoms with E-state index >= 15 is 0 Å². The smallest absolute Gasteiger partial charge is 0.228 e. The summed E-state index contributed by atoms with van der Waals surface area (Å²) in [5.41, 5.74) is 2.95. The van der Waals surface area contributed by atoms with Gasteiger partial charge >= 0.3 is 0 Å². The van der Waals surface area contributed by atoms with Gasteiger partial charge in [0.15, 0.2) is 5.82 Å². The summed E-state index contributed by atoms with van der Waals surface area (Å²) in [5.74, 6) is 1.48. The van der Waals surface area contributed by atoms with Gasteiger partial charge in [-0.3, -0.25) is 9.69 Å². The zero-order chi connectivity index (χ0) is 20.1. The fourth-order valence-corrected chi connectivity index (χ4v) is 3.67. The van der Waals surface area contributed by atoms with Gasteiger partial charge in [-0.15, -0.1) is 0 Å². The number of carbonyl (C=O) groups is 1. The van der Waals surface area contributed by atoms with Crippen molar-refractivity contribution in [1.29, 1.82) is 0 Å². The van der Waals surface area contributed by atoms with Crippen molar-refractivity contribution in [3.8, 4) is 16.9 Å². The Hall–Kier alpha value is -3.19. The molecule has 1 amide bonds. The van der Waals surface area contributed by atoms with Gasteiger partial charge in [-0.25, -0.2) is 0 Å². The van der Waals surface area contributed by atoms with Crippen molar-refractivity contribution < 1.29 is 14.1 Å². The number of likely N-dealkylation sites (tertiary alicyclic amines) is 1. The summed E-state index contributed by atoms with van der Waals surface area (Å²) in [6.45, 7) is 2.24. The summed E-state index contributed by atoms with van der Waals surface area (Å²) >= 11 is 0. The summed E-state index contributed by atoms with van der Waals surface area (Å²) in [6, 6.07) is 15.8. The molecule has 1 aromatic heterocycles. The van der Waals surface area contributed by atoms with Crippen LogP contribution in [-0.4, -0.2) is 41.1 Å². The number of rotatable bonds is 6. The van der Waals surface area contributed by atoms with Crippen molar-refractivity contribution in [3.05, 3.63) is 60.7 Å². The number of methoxy groups -OCH3 is 1. The third-order valence-electron chi connectivity index (χ3n) is 5.20. The molecule has 0 spiro atoms. The van der Waals surface area contributed by atoms with Crippen LogP contribution in [0, 0.1) is 5.92 Å². The first-order chi connectivity index (χ1) is 14.2. The number of nitrogens with zero attached hydrogens (tertiary/aromatic N) is 3. The van der Waals surface area contributed by atoms with Crippen molar-refractivity contribution in [3.63, 3.8) is 0 Å². The molecule has 2 aromatic carbocycles. The average molecular weight is 392 g/mol. The van der Waals surface area contributed by atoms with Crippen LogP contribution in [-0.2, 0) is 11.3 Å². The topological polar surface area (TPSA) is 80.5 Å². The highest BCUT2D eigenvalue weighted by molar-refractivity contribution is 5.93. The van der Waals surface area contributed by atoms with Gasteiger partial charge in [0.25, 0.3) is 0 Å². The average Bonchev–Trinajstić information content (AvgIpc) is 3.27. The third kappa shape index (κ3) is 4.81. The highest BCUT2D eigenvalue weighted by atomic mass is 16.5. The maximum absolute atomic E-state index is 12.7. The Labute approximate surface area is 169 Å². The molecule has 4 rings (SSSR count). The Kier molecular flexibility index (Phi) is 5.86. The van der Waals surface area contributed by atoms with Crippen molar-refractivity contribution >= 4 is 11.6 Å². The fourth-order valence-electron chi connectivity index (χ4n) is 3.67. The van der Waals surface area contributed by atoms with E-state index in [9.17, 15) is 4.79 Å². The predicted molar refractivity (Wildman–Crippen MR) is 109 cm³/mol. The van der Waals surface area contributed by atoms with Gasteiger partial charge in [0, 0.05) is 12.2 Å². The molecule has 1 fully saturated rings. The number of piperidine rings is 1. The Morgan fingerprint density at radius 3 is 2.86 bits per heavy atom. The van der Waals surface area contributed by atoms with E-state index in [1.807, 2.05) is 48.5 Å². The molecule has 0 saturated carbocycles. The van der Waals surface area contributed by atoms with Crippen LogP contribution in [0.25, 0.3) is 11.1 Å². The molecule has 1 unspecified atom stereocenters. The molecule has 0 bridgehead atoms. The first-order valence-corrected chi connectivity index (χ1v) is 9.74. The van der Waals surface area contributed by atoms with Gasteiger partial charge in [-0.05, 0) is 54.8 Å². The first kappa shape index (κ1) is 19.1. The molecule has 1 atom stereocenters. The molecular formula is C22H24N4O3. The van der Waals surface area contributed by atoms with E-state index in [-0.39, 0.29) is 11.8 Å². The van der Waals surface area contributed by atoms with Gasteiger partial charge in [0.1, 0.15) is 5.75 Å². The number of aromatic nitrogens is 2. The third-order valence-corrected chi connectivity index (χ3v) is 5.20. The summed E-state index contributed by atoms with van der Waals surface area (Å²) in [6.07, 6.45) is 3.19. The van der Waals surface area contributed by atoms with Gasteiger partial charge in [0.2, 0.25) is 12.3 Å². The van der Waals surface area contributed by atoms with Crippen molar-refractivity contribution in [1.82, 2.24) is 15.0 Å². The van der Waals surface area contributed by atoms with Crippen LogP contribution in [0.15, 0.2) is 59.4 Å². The highest BCUT2D eigenvalue weighted by Gasteiger charge is 2.26. The zero-order valence-corrected chi connectivity index (χ0v) is 16.4. The Morgan fingerprint density at radius 2 is 2.10 bits per heavy atom. The SMILES string of the molecule is COc1cccc(-c2ccc(NC(=O)C3CCCN(Cc4ncon4)C3)cc2)c1. The van der Waals surface area contributed by atoms with Crippen molar-refractivity contribution in [2.75, 3.05) is 25.5 Å². The number of benzene rings is 2. The monoisotopic (exact) mass is 392 g/mol. The summed E-state index contributed by atoms with van der Waals surface area (Å²) < 4.78 is 10.1. The second-order valence-electron chi connectivity index (χ2n) is 7.22. The van der Waals surface area contributed by atoms with Crippen molar-refractivity contribution in [2.45, 2.75) is 19.4 Å². The molecule has 1 aliphatic heterocycles. The van der Waals surface area contributed by atoms with Gasteiger partial charge < -0.3 is 14.6 Å². The number of anilines is 1. The van der Waals surface area contributed by atoms with Gasteiger partial charge in [-0.1, -0.05) is 29.4 Å². The maximum Gasteiger partial charge on any atom is 0.228 e. The lowest BCUT2D eigenvalue weighted by molar-refractivity contribution is -0.121. The number of hydrogen-bond donors (Lipinski definition) is 1. The van der Waals surface area contributed by atoms with Crippen LogP contribution < -0.4 is 10.1 Å². The lowest BCUT2D eigenvalue weighted by Crippen LogP contribution is -2.40. The first-order valence-electron chi connectivity index (χ1n) is 9.74. The van der Waals surface area contributed by atoms with Crippen LogP contribution in [0.4, 0.5) is 5.69 Å². The van der Waals surface area contributed by atoms with E-state index in [0.29, 0.717) is 18.9 Å². The number of carbonyl (C=O) groups excluding carboxylic acids is 1. The molecule has 1 N–H and O–H groups in total. The number of hydrogen-bond acceptors (Lipinski definition) is 6. The second kappa shape index (κ2) is 8.87. The molecule has 3 aromatic rings. The summed E-state index contributed by atoms with van der Waals surface area (Å²) in [4.78, 5) is 19.0. The zero-order valence-electron chi connectivity index (χ0n) is 16.4. The van der Waals surface area contributed by atoms with Crippen LogP contribution >= 0.6 is 0 Å². The Bertz CT molecular complexity index is 941. The molecule has 150 valence electrons. The maximum atomic E-state index is 12.7. The molecule has 29 heavy (non-hydrogen) atoms. The summed E-state index contributed by atoms with van der Waals surface area (Å²) in [7, 11) is 1.66. The molecule has 0 radical (unpaired) electrons. The van der Waals surface area contributed by atoms with Crippen molar-refractivity contribution in [2.24, 2.45) is 5.92 Å². The minimum absolute atomic E-state index is 0.0475. The molecule has 7 nitrogen and oxygen atoms in total. The standard InChI is InChI=1S/C22H24N4O3/c1-28-20-6-2-4-17(12-20)16-7-9-19(10-8-16)24-22(27)18-5-3-11-26(13-18)14-21-23-15-29-25-21/h2,4,6-10,12,15,18H,3,5,11,13-14H2,1H3,(H,24,27). The van der Waals surface area contributed by atoms with E-state index in [1.54, 1.807) is 7.11 Å². The molecule has 1 aliphatic rings. The minimum atomic E-state index is -0.0475. The molecule has 2 heterocycles. The Morgan fingerprint density at radius 1 is 1.24 bits per heavy atom.